The fourth-order valence-electron chi connectivity index (χ4n) is 1.36. The van der Waals surface area contributed by atoms with Crippen LogP contribution in [0.3, 0.4) is 0 Å². The Morgan fingerprint density at radius 1 is 1.07 bits per heavy atom. The molecule has 14 heavy (non-hydrogen) atoms. The molecule has 0 spiro atoms. The number of nitrogens with two attached hydrogens (primary N) is 1. The van der Waals surface area contributed by atoms with Crippen molar-refractivity contribution < 1.29 is 0 Å². The van der Waals surface area contributed by atoms with Crippen LogP contribution < -0.4 is 11.1 Å². The normalized spacial score (nSPS) is 13.5. The van der Waals surface area contributed by atoms with Crippen molar-refractivity contribution in [2.45, 2.75) is 58.9 Å². The van der Waals surface area contributed by atoms with Gasteiger partial charge in [-0.3, -0.25) is 0 Å². The van der Waals surface area contributed by atoms with E-state index in [4.69, 9.17) is 5.73 Å². The van der Waals surface area contributed by atoms with Crippen LogP contribution in [0.5, 0.6) is 0 Å². The number of unbranched alkanes of at least 4 members (excludes halogenated alkanes) is 4. The Kier molecular flexibility index (Phi) is 9.42. The summed E-state index contributed by atoms with van der Waals surface area (Å²) in [6.45, 7) is 8.69. The Hall–Kier alpha value is -0.0800. The van der Waals surface area contributed by atoms with Gasteiger partial charge in [-0.1, -0.05) is 46.5 Å². The Bertz CT molecular complexity index is 113. The summed E-state index contributed by atoms with van der Waals surface area (Å²) >= 11 is 0. The van der Waals surface area contributed by atoms with Crippen LogP contribution in [0.2, 0.25) is 0 Å². The van der Waals surface area contributed by atoms with Gasteiger partial charge in [-0.15, -0.1) is 0 Å². The highest BCUT2D eigenvalue weighted by atomic mass is 14.9. The molecule has 0 aromatic carbocycles. The highest BCUT2D eigenvalue weighted by molar-refractivity contribution is 4.67. The van der Waals surface area contributed by atoms with Gasteiger partial charge in [-0.2, -0.15) is 0 Å². The highest BCUT2D eigenvalue weighted by Crippen LogP contribution is 2.01. The van der Waals surface area contributed by atoms with Crippen molar-refractivity contribution in [1.29, 1.82) is 0 Å². The van der Waals surface area contributed by atoms with Gasteiger partial charge in [-0.05, 0) is 18.9 Å². The van der Waals surface area contributed by atoms with Gasteiger partial charge >= 0.3 is 0 Å². The lowest BCUT2D eigenvalue weighted by atomic mass is 10.1. The summed E-state index contributed by atoms with van der Waals surface area (Å²) in [6, 6.07) is 0.311. The predicted molar refractivity (Wildman–Crippen MR) is 64.4 cm³/mol. The lowest BCUT2D eigenvalue weighted by Gasteiger charge is -2.15. The van der Waals surface area contributed by atoms with Crippen molar-refractivity contribution in [3.63, 3.8) is 0 Å². The van der Waals surface area contributed by atoms with E-state index in [-0.39, 0.29) is 0 Å². The molecule has 0 aromatic rings. The molecular formula is C12H28N2. The first-order valence-corrected chi connectivity index (χ1v) is 6.14. The second-order valence-electron chi connectivity index (χ2n) is 4.53. The summed E-state index contributed by atoms with van der Waals surface area (Å²) in [6.07, 6.45) is 6.74. The second-order valence-corrected chi connectivity index (χ2v) is 4.53. The predicted octanol–water partition coefficient (Wildman–Crippen LogP) is 2.53. The van der Waals surface area contributed by atoms with E-state index in [1.165, 1.54) is 32.1 Å². The first-order chi connectivity index (χ1) is 6.68. The molecular weight excluding hydrogens is 172 g/mol. The van der Waals surface area contributed by atoms with Crippen LogP contribution in [-0.4, -0.2) is 19.1 Å². The van der Waals surface area contributed by atoms with E-state index in [0.29, 0.717) is 12.0 Å². The van der Waals surface area contributed by atoms with Gasteiger partial charge in [0.1, 0.15) is 0 Å². The number of hydrogen-bond donors (Lipinski definition) is 2. The summed E-state index contributed by atoms with van der Waals surface area (Å²) < 4.78 is 0. The standard InChI is InChI=1S/C12H28N2/c1-4-5-6-7-8-9-14-10-12(13)11(2)3/h11-12,14H,4-10,13H2,1-3H3. The Morgan fingerprint density at radius 2 is 1.71 bits per heavy atom. The first kappa shape index (κ1) is 13.9. The molecule has 0 radical (unpaired) electrons. The van der Waals surface area contributed by atoms with Crippen LogP contribution in [0.4, 0.5) is 0 Å². The quantitative estimate of drug-likeness (QED) is 0.561. The fourth-order valence-corrected chi connectivity index (χ4v) is 1.36. The maximum Gasteiger partial charge on any atom is 0.0188 e. The first-order valence-electron chi connectivity index (χ1n) is 6.14. The molecule has 0 aromatic heterocycles. The number of nitrogens with one attached hydrogen (secondary N) is 1. The van der Waals surface area contributed by atoms with E-state index in [2.05, 4.69) is 26.1 Å². The molecule has 2 nitrogen and oxygen atoms in total. The van der Waals surface area contributed by atoms with Crippen molar-refractivity contribution in [2.75, 3.05) is 13.1 Å². The summed E-state index contributed by atoms with van der Waals surface area (Å²) in [5, 5.41) is 3.42. The maximum absolute atomic E-state index is 5.92. The zero-order valence-electron chi connectivity index (χ0n) is 10.2. The van der Waals surface area contributed by atoms with Crippen molar-refractivity contribution in [3.05, 3.63) is 0 Å². The lowest BCUT2D eigenvalue weighted by molar-refractivity contribution is 0.453. The van der Waals surface area contributed by atoms with Gasteiger partial charge in [-0.25, -0.2) is 0 Å². The van der Waals surface area contributed by atoms with Gasteiger partial charge in [0.2, 0.25) is 0 Å². The van der Waals surface area contributed by atoms with Crippen LogP contribution in [0.25, 0.3) is 0 Å². The molecule has 0 aliphatic carbocycles. The van der Waals surface area contributed by atoms with Crippen LogP contribution >= 0.6 is 0 Å². The minimum atomic E-state index is 0.311. The van der Waals surface area contributed by atoms with Crippen molar-refractivity contribution in [2.24, 2.45) is 11.7 Å². The van der Waals surface area contributed by atoms with Crippen molar-refractivity contribution in [3.8, 4) is 0 Å². The Labute approximate surface area is 89.6 Å². The molecule has 0 aliphatic heterocycles. The number of rotatable bonds is 9. The summed E-state index contributed by atoms with van der Waals surface area (Å²) in [5.74, 6) is 0.586. The summed E-state index contributed by atoms with van der Waals surface area (Å²) in [4.78, 5) is 0. The van der Waals surface area contributed by atoms with E-state index >= 15 is 0 Å². The van der Waals surface area contributed by atoms with E-state index < -0.39 is 0 Å². The minimum Gasteiger partial charge on any atom is -0.326 e. The fraction of sp³-hybridized carbons (Fsp3) is 1.00. The molecule has 0 bridgehead atoms. The molecule has 1 atom stereocenters. The van der Waals surface area contributed by atoms with E-state index in [9.17, 15) is 0 Å². The maximum atomic E-state index is 5.92. The largest absolute Gasteiger partial charge is 0.326 e. The lowest BCUT2D eigenvalue weighted by Crippen LogP contribution is -2.38. The third-order valence-electron chi connectivity index (χ3n) is 2.69. The molecule has 0 saturated carbocycles. The second kappa shape index (κ2) is 9.47. The van der Waals surface area contributed by atoms with Crippen LogP contribution in [0, 0.1) is 5.92 Å². The third kappa shape index (κ3) is 8.52. The smallest absolute Gasteiger partial charge is 0.0188 e. The van der Waals surface area contributed by atoms with E-state index in [1.807, 2.05) is 0 Å². The summed E-state index contributed by atoms with van der Waals surface area (Å²) in [7, 11) is 0. The SMILES string of the molecule is CCCCCCCNCC(N)C(C)C. The van der Waals surface area contributed by atoms with Crippen LogP contribution in [0.1, 0.15) is 52.9 Å². The van der Waals surface area contributed by atoms with E-state index in [0.717, 1.165) is 13.1 Å². The molecule has 0 heterocycles. The van der Waals surface area contributed by atoms with Gasteiger partial charge in [0.05, 0.1) is 0 Å². The summed E-state index contributed by atoms with van der Waals surface area (Å²) in [5.41, 5.74) is 5.92. The Morgan fingerprint density at radius 3 is 2.29 bits per heavy atom. The average molecular weight is 200 g/mol. The molecule has 0 aliphatic rings. The van der Waals surface area contributed by atoms with Gasteiger partial charge in [0.15, 0.2) is 0 Å². The van der Waals surface area contributed by atoms with Crippen LogP contribution in [0.15, 0.2) is 0 Å². The van der Waals surface area contributed by atoms with Crippen molar-refractivity contribution >= 4 is 0 Å². The average Bonchev–Trinajstić information content (AvgIpc) is 2.16. The molecule has 1 unspecified atom stereocenters. The van der Waals surface area contributed by atoms with Crippen LogP contribution in [-0.2, 0) is 0 Å². The van der Waals surface area contributed by atoms with Gasteiger partial charge < -0.3 is 11.1 Å². The molecule has 3 N–H and O–H groups in total. The molecule has 0 saturated heterocycles. The molecule has 2 heteroatoms. The molecule has 0 amide bonds. The highest BCUT2D eigenvalue weighted by Gasteiger charge is 2.05. The zero-order chi connectivity index (χ0) is 10.8. The third-order valence-corrected chi connectivity index (χ3v) is 2.69. The molecule has 86 valence electrons. The molecule has 0 rings (SSSR count). The van der Waals surface area contributed by atoms with E-state index in [1.54, 1.807) is 0 Å². The minimum absolute atomic E-state index is 0.311. The number of hydrogen-bond acceptors (Lipinski definition) is 2. The monoisotopic (exact) mass is 200 g/mol. The topological polar surface area (TPSA) is 38.0 Å². The molecule has 0 fully saturated rings. The Balaban J connectivity index is 3.06. The van der Waals surface area contributed by atoms with Gasteiger partial charge in [0, 0.05) is 12.6 Å². The van der Waals surface area contributed by atoms with Gasteiger partial charge in [0.25, 0.3) is 0 Å². The van der Waals surface area contributed by atoms with Crippen molar-refractivity contribution in [1.82, 2.24) is 5.32 Å². The zero-order valence-corrected chi connectivity index (χ0v) is 10.2.